The zero-order chi connectivity index (χ0) is 29.0. The minimum absolute atomic E-state index is 0.0508. The summed E-state index contributed by atoms with van der Waals surface area (Å²) in [5, 5.41) is 10.1. The molecule has 4 atom stereocenters. The van der Waals surface area contributed by atoms with E-state index in [1.807, 2.05) is 14.1 Å². The van der Waals surface area contributed by atoms with E-state index in [9.17, 15) is 27.9 Å². The molecule has 0 unspecified atom stereocenters. The molecule has 9 heteroatoms. The van der Waals surface area contributed by atoms with E-state index in [1.54, 1.807) is 31.2 Å². The number of carbonyl (C=O) groups is 2. The van der Waals surface area contributed by atoms with Crippen LogP contribution in [-0.2, 0) is 4.79 Å². The molecule has 0 spiro atoms. The standard InChI is InChI=1S/C31H40F3N3O3/c1-20-23(11-7-12-26(20)32)28-24(29(39)21-9-6-10-22(38)17-21)18-36(15-5-4-14-35(2)3)19-25(28)31(40)37-16-8-13-27(37)30(33)34/h6-7,9-12,17,24-25,27-28,30,38H,4-5,8,13-16,18-19H2,1-3H3/t24-,25+,27-,28+/m0/s1. The van der Waals surface area contributed by atoms with Crippen LogP contribution in [0.25, 0.3) is 0 Å². The molecule has 0 bridgehead atoms. The van der Waals surface area contributed by atoms with Crippen LogP contribution in [0.2, 0.25) is 0 Å². The molecule has 2 aliphatic heterocycles. The second-order valence-corrected chi connectivity index (χ2v) is 11.5. The van der Waals surface area contributed by atoms with Crippen molar-refractivity contribution in [2.75, 3.05) is 46.8 Å². The summed E-state index contributed by atoms with van der Waals surface area (Å²) in [5.74, 6) is -3.37. The molecule has 0 saturated carbocycles. The second kappa shape index (κ2) is 13.2. The van der Waals surface area contributed by atoms with Crippen LogP contribution in [0.4, 0.5) is 13.2 Å². The number of likely N-dealkylation sites (tertiary alicyclic amines) is 2. The molecule has 2 heterocycles. The van der Waals surface area contributed by atoms with Crippen molar-refractivity contribution >= 4 is 11.7 Å². The van der Waals surface area contributed by atoms with Gasteiger partial charge in [0.05, 0.1) is 12.0 Å². The highest BCUT2D eigenvalue weighted by Crippen LogP contribution is 2.43. The van der Waals surface area contributed by atoms with Gasteiger partial charge in [-0.2, -0.15) is 0 Å². The molecule has 1 N–H and O–H groups in total. The first-order valence-electron chi connectivity index (χ1n) is 14.1. The molecular weight excluding hydrogens is 519 g/mol. The highest BCUT2D eigenvalue weighted by molar-refractivity contribution is 5.99. The molecule has 6 nitrogen and oxygen atoms in total. The summed E-state index contributed by atoms with van der Waals surface area (Å²) in [6.07, 6.45) is -0.147. The van der Waals surface area contributed by atoms with Gasteiger partial charge < -0.3 is 19.8 Å². The van der Waals surface area contributed by atoms with Crippen LogP contribution < -0.4 is 0 Å². The van der Waals surface area contributed by atoms with Gasteiger partial charge >= 0.3 is 0 Å². The minimum Gasteiger partial charge on any atom is -0.508 e. The number of Topliss-reactive ketones (excluding diaryl/α,β-unsaturated/α-hetero) is 1. The van der Waals surface area contributed by atoms with Gasteiger partial charge in [0.1, 0.15) is 11.6 Å². The summed E-state index contributed by atoms with van der Waals surface area (Å²) < 4.78 is 42.7. The van der Waals surface area contributed by atoms with Crippen molar-refractivity contribution in [3.05, 3.63) is 65.0 Å². The molecule has 4 rings (SSSR count). The van der Waals surface area contributed by atoms with E-state index in [-0.39, 0.29) is 24.5 Å². The highest BCUT2D eigenvalue weighted by atomic mass is 19.3. The zero-order valence-corrected chi connectivity index (χ0v) is 23.5. The summed E-state index contributed by atoms with van der Waals surface area (Å²) in [6, 6.07) is 9.59. The minimum atomic E-state index is -2.66. The van der Waals surface area contributed by atoms with Crippen LogP contribution in [0.15, 0.2) is 42.5 Å². The van der Waals surface area contributed by atoms with E-state index in [1.165, 1.54) is 23.1 Å². The van der Waals surface area contributed by atoms with Gasteiger partial charge in [0, 0.05) is 37.0 Å². The number of unbranched alkanes of at least 4 members (excludes halogenated alkanes) is 1. The third kappa shape index (κ3) is 6.69. The third-order valence-corrected chi connectivity index (χ3v) is 8.43. The Kier molecular flexibility index (Phi) is 9.90. The lowest BCUT2D eigenvalue weighted by Gasteiger charge is -2.45. The number of ketones is 1. The van der Waals surface area contributed by atoms with Crippen molar-refractivity contribution in [3.63, 3.8) is 0 Å². The number of halogens is 3. The van der Waals surface area contributed by atoms with Gasteiger partial charge in [-0.05, 0) is 89.1 Å². The lowest BCUT2D eigenvalue weighted by molar-refractivity contribution is -0.142. The van der Waals surface area contributed by atoms with Gasteiger partial charge in [-0.3, -0.25) is 9.59 Å². The molecular formula is C31H40F3N3O3. The molecule has 2 fully saturated rings. The number of hydrogen-bond acceptors (Lipinski definition) is 5. The van der Waals surface area contributed by atoms with Gasteiger partial charge in [0.15, 0.2) is 5.78 Å². The van der Waals surface area contributed by atoms with Gasteiger partial charge in [-0.25, -0.2) is 13.2 Å². The summed E-state index contributed by atoms with van der Waals surface area (Å²) >= 11 is 0. The van der Waals surface area contributed by atoms with Crippen molar-refractivity contribution < 1.29 is 27.9 Å². The van der Waals surface area contributed by atoms with E-state index in [2.05, 4.69) is 9.80 Å². The Hall–Kier alpha value is -2.91. The number of phenolic OH excluding ortho intramolecular Hbond substituents is 1. The lowest BCUT2D eigenvalue weighted by atomic mass is 9.69. The molecule has 2 aromatic rings. The van der Waals surface area contributed by atoms with Gasteiger partial charge in [0.25, 0.3) is 6.43 Å². The first kappa shape index (κ1) is 30.1. The first-order valence-corrected chi connectivity index (χ1v) is 14.1. The van der Waals surface area contributed by atoms with Crippen LogP contribution in [0.3, 0.4) is 0 Å². The fraction of sp³-hybridized carbons (Fsp3) is 0.548. The predicted octanol–water partition coefficient (Wildman–Crippen LogP) is 4.95. The molecule has 2 saturated heterocycles. The number of carbonyl (C=O) groups excluding carboxylic acids is 2. The molecule has 40 heavy (non-hydrogen) atoms. The maximum Gasteiger partial charge on any atom is 0.258 e. The van der Waals surface area contributed by atoms with E-state index < -0.39 is 41.9 Å². The molecule has 0 aromatic heterocycles. The molecule has 2 aliphatic rings. The van der Waals surface area contributed by atoms with E-state index in [0.29, 0.717) is 42.7 Å². The fourth-order valence-corrected chi connectivity index (χ4v) is 6.40. The monoisotopic (exact) mass is 559 g/mol. The van der Waals surface area contributed by atoms with Crippen LogP contribution in [-0.4, -0.2) is 90.8 Å². The van der Waals surface area contributed by atoms with Crippen molar-refractivity contribution in [2.45, 2.75) is 51.0 Å². The normalized spacial score (nSPS) is 23.8. The number of hydrogen-bond donors (Lipinski definition) is 1. The van der Waals surface area contributed by atoms with Crippen LogP contribution >= 0.6 is 0 Å². The number of amides is 1. The number of piperidine rings is 1. The Balaban J connectivity index is 1.76. The average Bonchev–Trinajstić information content (AvgIpc) is 3.42. The lowest BCUT2D eigenvalue weighted by Crippen LogP contribution is -2.55. The molecule has 2 aromatic carbocycles. The quantitative estimate of drug-likeness (QED) is 0.330. The van der Waals surface area contributed by atoms with E-state index in [4.69, 9.17) is 0 Å². The zero-order valence-electron chi connectivity index (χ0n) is 23.5. The number of nitrogens with zero attached hydrogens (tertiary/aromatic N) is 3. The largest absolute Gasteiger partial charge is 0.508 e. The summed E-state index contributed by atoms with van der Waals surface area (Å²) in [5.41, 5.74) is 1.21. The average molecular weight is 560 g/mol. The van der Waals surface area contributed by atoms with E-state index in [0.717, 1.165) is 19.4 Å². The number of phenols is 1. The van der Waals surface area contributed by atoms with Gasteiger partial charge in [-0.15, -0.1) is 0 Å². The SMILES string of the molecule is Cc1c(F)cccc1[C@@H]1[C@@H](C(=O)c2cccc(O)c2)CN(CCCCN(C)C)C[C@H]1C(=O)N1CCC[C@H]1C(F)F. The Bertz CT molecular complexity index is 1190. The van der Waals surface area contributed by atoms with Crippen molar-refractivity contribution in [2.24, 2.45) is 11.8 Å². The predicted molar refractivity (Wildman–Crippen MR) is 148 cm³/mol. The van der Waals surface area contributed by atoms with Crippen LogP contribution in [0.1, 0.15) is 53.1 Å². The second-order valence-electron chi connectivity index (χ2n) is 11.5. The first-order chi connectivity index (χ1) is 19.1. The smallest absolute Gasteiger partial charge is 0.258 e. The van der Waals surface area contributed by atoms with Crippen molar-refractivity contribution in [3.8, 4) is 5.75 Å². The molecule has 0 aliphatic carbocycles. The highest BCUT2D eigenvalue weighted by Gasteiger charge is 2.48. The summed E-state index contributed by atoms with van der Waals surface area (Å²) in [4.78, 5) is 33.7. The van der Waals surface area contributed by atoms with Crippen molar-refractivity contribution in [1.82, 2.24) is 14.7 Å². The summed E-state index contributed by atoms with van der Waals surface area (Å²) in [7, 11) is 4.00. The maximum absolute atomic E-state index is 14.9. The van der Waals surface area contributed by atoms with Crippen molar-refractivity contribution in [1.29, 1.82) is 0 Å². The Morgan fingerprint density at radius 1 is 1.07 bits per heavy atom. The molecule has 0 radical (unpaired) electrons. The number of benzene rings is 2. The number of aromatic hydroxyl groups is 1. The van der Waals surface area contributed by atoms with Crippen LogP contribution in [0, 0.1) is 24.6 Å². The third-order valence-electron chi connectivity index (χ3n) is 8.43. The maximum atomic E-state index is 14.9. The topological polar surface area (TPSA) is 64.1 Å². The Labute approximate surface area is 234 Å². The molecule has 218 valence electrons. The fourth-order valence-electron chi connectivity index (χ4n) is 6.40. The van der Waals surface area contributed by atoms with E-state index >= 15 is 0 Å². The summed E-state index contributed by atoms with van der Waals surface area (Å²) in [6.45, 7) is 4.07. The number of rotatable bonds is 10. The Morgan fingerprint density at radius 2 is 1.80 bits per heavy atom. The van der Waals surface area contributed by atoms with Gasteiger partial charge in [-0.1, -0.05) is 24.3 Å². The number of alkyl halides is 2. The Morgan fingerprint density at radius 3 is 2.50 bits per heavy atom. The van der Waals surface area contributed by atoms with Crippen LogP contribution in [0.5, 0.6) is 5.75 Å². The van der Waals surface area contributed by atoms with Gasteiger partial charge in [0.2, 0.25) is 5.91 Å². The molecule has 1 amide bonds.